The van der Waals surface area contributed by atoms with E-state index in [0.29, 0.717) is 27.6 Å². The van der Waals surface area contributed by atoms with Gasteiger partial charge in [0, 0.05) is 47.1 Å². The SMILES string of the molecule is CN1NC(C2CC2)C=C1COC(=O)C(Cc1cc(=O)[nH]c2ccccc12)NC(=O)c1ccc(Cl)cc1. The summed E-state index contributed by atoms with van der Waals surface area (Å²) in [6.45, 7) is 0.0784. The molecule has 8 nitrogen and oxygen atoms in total. The van der Waals surface area contributed by atoms with Gasteiger partial charge in [-0.25, -0.2) is 10.2 Å². The minimum atomic E-state index is -1.00. The van der Waals surface area contributed by atoms with Gasteiger partial charge in [-0.1, -0.05) is 29.8 Å². The Balaban J connectivity index is 1.37. The third kappa shape index (κ3) is 5.45. The first-order valence-electron chi connectivity index (χ1n) is 11.9. The highest BCUT2D eigenvalue weighted by molar-refractivity contribution is 6.30. The van der Waals surface area contributed by atoms with Crippen LogP contribution in [0.2, 0.25) is 5.02 Å². The van der Waals surface area contributed by atoms with E-state index in [1.165, 1.54) is 18.9 Å². The molecule has 0 bridgehead atoms. The minimum absolute atomic E-state index is 0.0784. The van der Waals surface area contributed by atoms with E-state index in [1.807, 2.05) is 30.3 Å². The van der Waals surface area contributed by atoms with Crippen LogP contribution in [-0.2, 0) is 16.0 Å². The first-order valence-corrected chi connectivity index (χ1v) is 12.3. The number of nitrogens with zero attached hydrogens (tertiary/aromatic N) is 1. The van der Waals surface area contributed by atoms with Crippen molar-refractivity contribution in [2.24, 2.45) is 5.92 Å². The van der Waals surface area contributed by atoms with E-state index in [-0.39, 0.29) is 24.6 Å². The molecule has 1 fully saturated rings. The van der Waals surface area contributed by atoms with Crippen LogP contribution in [-0.4, -0.2) is 47.6 Å². The van der Waals surface area contributed by atoms with Crippen molar-refractivity contribution in [3.05, 3.63) is 92.9 Å². The van der Waals surface area contributed by atoms with Gasteiger partial charge in [0.25, 0.3) is 5.91 Å². The number of hydrogen-bond donors (Lipinski definition) is 3. The molecule has 2 heterocycles. The molecule has 3 aromatic rings. The lowest BCUT2D eigenvalue weighted by Crippen LogP contribution is -2.44. The predicted molar refractivity (Wildman–Crippen MR) is 137 cm³/mol. The van der Waals surface area contributed by atoms with Gasteiger partial charge in [0.05, 0.1) is 5.70 Å². The molecule has 1 saturated carbocycles. The molecular weight excluding hydrogens is 480 g/mol. The summed E-state index contributed by atoms with van der Waals surface area (Å²) in [5.74, 6) is -0.391. The number of H-pyrrole nitrogens is 1. The highest BCUT2D eigenvalue weighted by Crippen LogP contribution is 2.35. The van der Waals surface area contributed by atoms with Crippen molar-refractivity contribution in [2.45, 2.75) is 31.3 Å². The maximum atomic E-state index is 13.3. The maximum Gasteiger partial charge on any atom is 0.329 e. The number of pyridine rings is 1. The highest BCUT2D eigenvalue weighted by Gasteiger charge is 2.35. The van der Waals surface area contributed by atoms with Gasteiger partial charge in [-0.2, -0.15) is 0 Å². The van der Waals surface area contributed by atoms with Gasteiger partial charge in [0.1, 0.15) is 12.6 Å². The fraction of sp³-hybridized carbons (Fsp3) is 0.296. The van der Waals surface area contributed by atoms with E-state index < -0.39 is 17.9 Å². The van der Waals surface area contributed by atoms with Crippen molar-refractivity contribution < 1.29 is 14.3 Å². The number of ether oxygens (including phenoxy) is 1. The van der Waals surface area contributed by atoms with E-state index in [1.54, 1.807) is 30.3 Å². The molecule has 3 N–H and O–H groups in total. The van der Waals surface area contributed by atoms with Crippen molar-refractivity contribution in [3.63, 3.8) is 0 Å². The minimum Gasteiger partial charge on any atom is -0.458 e. The molecule has 0 saturated heterocycles. The highest BCUT2D eigenvalue weighted by atomic mass is 35.5. The zero-order chi connectivity index (χ0) is 25.2. The van der Waals surface area contributed by atoms with Crippen LogP contribution in [0.3, 0.4) is 0 Å². The van der Waals surface area contributed by atoms with E-state index >= 15 is 0 Å². The van der Waals surface area contributed by atoms with Crippen LogP contribution in [0, 0.1) is 5.92 Å². The Bertz CT molecular complexity index is 1380. The van der Waals surface area contributed by atoms with Crippen LogP contribution < -0.4 is 16.3 Å². The fourth-order valence-corrected chi connectivity index (χ4v) is 4.58. The number of aromatic nitrogens is 1. The summed E-state index contributed by atoms with van der Waals surface area (Å²) in [6.07, 6.45) is 4.58. The zero-order valence-corrected chi connectivity index (χ0v) is 20.5. The number of amides is 1. The zero-order valence-electron chi connectivity index (χ0n) is 19.8. The summed E-state index contributed by atoms with van der Waals surface area (Å²) in [7, 11) is 1.89. The van der Waals surface area contributed by atoms with Crippen molar-refractivity contribution in [2.75, 3.05) is 13.7 Å². The number of hydrogen-bond acceptors (Lipinski definition) is 6. The number of carbonyl (C=O) groups is 2. The van der Waals surface area contributed by atoms with Crippen LogP contribution in [0.4, 0.5) is 0 Å². The molecule has 1 aliphatic heterocycles. The van der Waals surface area contributed by atoms with Crippen LogP contribution in [0.15, 0.2) is 71.2 Å². The molecular formula is C27H27ClN4O4. The Morgan fingerprint density at radius 3 is 2.67 bits per heavy atom. The van der Waals surface area contributed by atoms with Gasteiger partial charge in [-0.15, -0.1) is 0 Å². The first kappa shape index (κ1) is 24.1. The second-order valence-corrected chi connectivity index (χ2v) is 9.69. The fourth-order valence-electron chi connectivity index (χ4n) is 4.45. The Morgan fingerprint density at radius 1 is 1.17 bits per heavy atom. The molecule has 0 spiro atoms. The van der Waals surface area contributed by atoms with Gasteiger partial charge in [0.15, 0.2) is 0 Å². The number of fused-ring (bicyclic) bond motifs is 1. The van der Waals surface area contributed by atoms with E-state index in [2.05, 4.69) is 21.8 Å². The van der Waals surface area contributed by atoms with E-state index in [4.69, 9.17) is 16.3 Å². The molecule has 2 atom stereocenters. The van der Waals surface area contributed by atoms with Crippen molar-refractivity contribution in [1.82, 2.24) is 20.7 Å². The molecule has 2 unspecified atom stereocenters. The molecule has 1 amide bonds. The summed E-state index contributed by atoms with van der Waals surface area (Å²) in [5, 5.41) is 5.97. The van der Waals surface area contributed by atoms with Crippen LogP contribution in [0.5, 0.6) is 0 Å². The Kier molecular flexibility index (Phi) is 6.80. The molecule has 186 valence electrons. The van der Waals surface area contributed by atoms with E-state index in [0.717, 1.165) is 11.1 Å². The van der Waals surface area contributed by atoms with Gasteiger partial charge in [0.2, 0.25) is 5.56 Å². The van der Waals surface area contributed by atoms with Crippen molar-refractivity contribution in [3.8, 4) is 0 Å². The number of esters is 1. The lowest BCUT2D eigenvalue weighted by Gasteiger charge is -2.21. The van der Waals surface area contributed by atoms with Crippen LogP contribution in [0.25, 0.3) is 10.9 Å². The number of rotatable bonds is 8. The summed E-state index contributed by atoms with van der Waals surface area (Å²) < 4.78 is 5.67. The number of halogens is 1. The van der Waals surface area contributed by atoms with Crippen molar-refractivity contribution >= 4 is 34.4 Å². The van der Waals surface area contributed by atoms with E-state index in [9.17, 15) is 14.4 Å². The molecule has 1 aromatic heterocycles. The molecule has 0 radical (unpaired) electrons. The molecule has 36 heavy (non-hydrogen) atoms. The lowest BCUT2D eigenvalue weighted by atomic mass is 10.0. The number of likely N-dealkylation sites (N-methyl/N-ethyl adjacent to an activating group) is 1. The number of nitrogens with one attached hydrogen (secondary N) is 3. The number of para-hydroxylation sites is 1. The number of benzene rings is 2. The smallest absolute Gasteiger partial charge is 0.329 e. The molecule has 1 aliphatic carbocycles. The van der Waals surface area contributed by atoms with Gasteiger partial charge < -0.3 is 20.0 Å². The van der Waals surface area contributed by atoms with Gasteiger partial charge in [-0.05, 0) is 60.7 Å². The van der Waals surface area contributed by atoms with Crippen molar-refractivity contribution in [1.29, 1.82) is 0 Å². The summed E-state index contributed by atoms with van der Waals surface area (Å²) in [4.78, 5) is 41.3. The molecule has 9 heteroatoms. The maximum absolute atomic E-state index is 13.3. The predicted octanol–water partition coefficient (Wildman–Crippen LogP) is 3.18. The summed E-state index contributed by atoms with van der Waals surface area (Å²) >= 11 is 5.95. The van der Waals surface area contributed by atoms with Gasteiger partial charge >= 0.3 is 5.97 Å². The first-order chi connectivity index (χ1) is 17.4. The third-order valence-corrected chi connectivity index (χ3v) is 6.85. The summed E-state index contributed by atoms with van der Waals surface area (Å²) in [5.41, 5.74) is 5.62. The Hall–Kier alpha value is -3.62. The Morgan fingerprint density at radius 2 is 1.92 bits per heavy atom. The number of aromatic amines is 1. The standard InChI is InChI=1S/C27H27ClN4O4/c1-32-20(14-23(31-32)16-6-7-16)15-36-27(35)24(30-26(34)17-8-10-19(28)11-9-17)12-18-13-25(33)29-22-5-3-2-4-21(18)22/h2-5,8-11,13-14,16,23-24,31H,6-7,12,15H2,1H3,(H,29,33)(H,30,34). The largest absolute Gasteiger partial charge is 0.458 e. The lowest BCUT2D eigenvalue weighted by molar-refractivity contribution is -0.145. The second kappa shape index (κ2) is 10.2. The van der Waals surface area contributed by atoms with Gasteiger partial charge in [-0.3, -0.25) is 9.59 Å². The number of hydrazine groups is 1. The monoisotopic (exact) mass is 506 g/mol. The second-order valence-electron chi connectivity index (χ2n) is 9.26. The third-order valence-electron chi connectivity index (χ3n) is 6.59. The molecule has 5 rings (SSSR count). The molecule has 2 aliphatic rings. The normalized spacial score (nSPS) is 18.1. The molecule has 2 aromatic carbocycles. The summed E-state index contributed by atoms with van der Waals surface area (Å²) in [6, 6.07) is 14.4. The van der Waals surface area contributed by atoms with Crippen LogP contribution in [0.1, 0.15) is 28.8 Å². The topological polar surface area (TPSA) is 104 Å². The number of carbonyl (C=O) groups excluding carboxylic acids is 2. The quantitative estimate of drug-likeness (QED) is 0.405. The Labute approximate surface area is 213 Å². The average molecular weight is 507 g/mol. The van der Waals surface area contributed by atoms with Crippen LogP contribution >= 0.6 is 11.6 Å². The average Bonchev–Trinajstić information content (AvgIpc) is 3.65.